The van der Waals surface area contributed by atoms with Crippen LogP contribution in [0.3, 0.4) is 0 Å². The number of nitrogens with two attached hydrogens (primary N) is 1. The lowest BCUT2D eigenvalue weighted by molar-refractivity contribution is -0.150. The molecule has 1 saturated heterocycles. The highest BCUT2D eigenvalue weighted by Crippen LogP contribution is 2.41. The minimum absolute atomic E-state index is 0.0806. The summed E-state index contributed by atoms with van der Waals surface area (Å²) in [5, 5.41) is 17.3. The van der Waals surface area contributed by atoms with Crippen LogP contribution in [-0.2, 0) is 35.7 Å². The average Bonchev–Trinajstić information content (AvgIpc) is 3.30. The number of hydrogen-bond acceptors (Lipinski definition) is 11. The van der Waals surface area contributed by atoms with Crippen molar-refractivity contribution >= 4 is 61.7 Å². The number of carboxylic acid groups (broad SMARTS) is 1. The van der Waals surface area contributed by atoms with Gasteiger partial charge in [0.25, 0.3) is 11.8 Å². The molecular formula is C22H24N6O7S3. The van der Waals surface area contributed by atoms with Crippen molar-refractivity contribution in [3.05, 3.63) is 52.2 Å². The Labute approximate surface area is 226 Å². The number of thiazole rings is 1. The molecule has 0 bridgehead atoms. The predicted octanol–water partition coefficient (Wildman–Crippen LogP) is 0.307. The number of amides is 2. The predicted molar refractivity (Wildman–Crippen MR) is 141 cm³/mol. The van der Waals surface area contributed by atoms with Crippen LogP contribution in [0.1, 0.15) is 11.3 Å². The Morgan fingerprint density at radius 2 is 2.11 bits per heavy atom. The van der Waals surface area contributed by atoms with Crippen LogP contribution in [0.5, 0.6) is 0 Å². The van der Waals surface area contributed by atoms with Crippen LogP contribution in [0.25, 0.3) is 0 Å². The normalized spacial score (nSPS) is 19.7. The molecule has 1 aromatic heterocycles. The third-order valence-electron chi connectivity index (χ3n) is 5.79. The smallest absolute Gasteiger partial charge is 0.352 e. The molecule has 0 unspecified atom stereocenters. The SMILES string of the molecule is CO/N=C(\C(=O)N[C@@H]1C(=O)N2C(C(=O)O)=C(Cc3cccc(S(=O)(=O)N(C)C)c3)CS[C@H]12)c1csc(N)n1. The molecule has 2 aromatic rings. The lowest BCUT2D eigenvalue weighted by Gasteiger charge is -2.49. The highest BCUT2D eigenvalue weighted by atomic mass is 32.2. The zero-order valence-corrected chi connectivity index (χ0v) is 22.9. The standard InChI is InChI=1S/C22H24N6O7S3/c1-27(2)38(33,34)13-6-4-5-11(8-13)7-12-9-36-20-16(19(30)28(20)17(12)21(31)32)25-18(29)15(26-35-3)14-10-37-22(23)24-14/h4-6,8,10,16,20H,7,9H2,1-3H3,(H2,23,24)(H,25,29)(H,31,32)/b26-15-/t16-,20-/m1/s1. The third kappa shape index (κ3) is 5.11. The van der Waals surface area contributed by atoms with Crippen LogP contribution < -0.4 is 11.1 Å². The van der Waals surface area contributed by atoms with Crippen molar-refractivity contribution in [3.63, 3.8) is 0 Å². The van der Waals surface area contributed by atoms with Gasteiger partial charge in [0, 0.05) is 25.2 Å². The summed E-state index contributed by atoms with van der Waals surface area (Å²) in [5.41, 5.74) is 6.51. The summed E-state index contributed by atoms with van der Waals surface area (Å²) in [5.74, 6) is -2.35. The van der Waals surface area contributed by atoms with Crippen molar-refractivity contribution in [3.8, 4) is 0 Å². The van der Waals surface area contributed by atoms with E-state index in [9.17, 15) is 27.9 Å². The monoisotopic (exact) mass is 580 g/mol. The minimum Gasteiger partial charge on any atom is -0.477 e. The molecule has 2 atom stereocenters. The first-order valence-electron chi connectivity index (χ1n) is 11.0. The number of carboxylic acids is 1. The molecule has 2 aliphatic heterocycles. The number of aliphatic carboxylic acids is 1. The highest BCUT2D eigenvalue weighted by molar-refractivity contribution is 8.00. The van der Waals surface area contributed by atoms with E-state index >= 15 is 0 Å². The molecule has 16 heteroatoms. The Kier molecular flexibility index (Phi) is 7.78. The highest BCUT2D eigenvalue weighted by Gasteiger charge is 2.54. The molecule has 4 rings (SSSR count). The van der Waals surface area contributed by atoms with Crippen molar-refractivity contribution in [2.24, 2.45) is 5.16 Å². The molecule has 0 radical (unpaired) electrons. The first-order chi connectivity index (χ1) is 17.9. The number of nitrogens with one attached hydrogen (secondary N) is 1. The number of hydrogen-bond donors (Lipinski definition) is 3. The van der Waals surface area contributed by atoms with E-state index in [1.807, 2.05) is 0 Å². The molecule has 202 valence electrons. The fourth-order valence-electron chi connectivity index (χ4n) is 3.99. The van der Waals surface area contributed by atoms with Gasteiger partial charge >= 0.3 is 5.97 Å². The first-order valence-corrected chi connectivity index (χ1v) is 14.4. The van der Waals surface area contributed by atoms with E-state index < -0.39 is 39.2 Å². The largest absolute Gasteiger partial charge is 0.477 e. The van der Waals surface area contributed by atoms with Crippen molar-refractivity contribution in [2.75, 3.05) is 32.7 Å². The number of nitrogens with zero attached hydrogens (tertiary/aromatic N) is 4. The Balaban J connectivity index is 1.55. The number of carbonyl (C=O) groups is 3. The molecule has 2 aliphatic rings. The van der Waals surface area contributed by atoms with Gasteiger partial charge in [-0.15, -0.1) is 23.1 Å². The number of thioether (sulfide) groups is 1. The summed E-state index contributed by atoms with van der Waals surface area (Å²) in [6.45, 7) is 0. The maximum Gasteiger partial charge on any atom is 0.352 e. The van der Waals surface area contributed by atoms with Crippen LogP contribution >= 0.6 is 23.1 Å². The maximum absolute atomic E-state index is 13.0. The van der Waals surface area contributed by atoms with Gasteiger partial charge in [-0.1, -0.05) is 17.3 Å². The molecular weight excluding hydrogens is 556 g/mol. The summed E-state index contributed by atoms with van der Waals surface area (Å²) in [4.78, 5) is 48.1. The van der Waals surface area contributed by atoms with E-state index in [0.717, 1.165) is 20.5 Å². The second-order valence-corrected chi connectivity index (χ2v) is 12.6. The van der Waals surface area contributed by atoms with Gasteiger partial charge in [-0.25, -0.2) is 22.5 Å². The first kappa shape index (κ1) is 27.6. The number of aromatic nitrogens is 1. The van der Waals surface area contributed by atoms with Crippen molar-refractivity contribution < 1.29 is 32.7 Å². The summed E-state index contributed by atoms with van der Waals surface area (Å²) in [6.07, 6.45) is 0.134. The number of benzene rings is 1. The van der Waals surface area contributed by atoms with Crippen LogP contribution in [0.15, 0.2) is 51.0 Å². The Morgan fingerprint density at radius 3 is 2.71 bits per heavy atom. The molecule has 3 heterocycles. The summed E-state index contributed by atoms with van der Waals surface area (Å²) in [6, 6.07) is 5.24. The van der Waals surface area contributed by atoms with Gasteiger partial charge < -0.3 is 21.0 Å². The average molecular weight is 581 g/mol. The topological polar surface area (TPSA) is 185 Å². The quantitative estimate of drug-likeness (QED) is 0.212. The Hall–Kier alpha value is -3.47. The van der Waals surface area contributed by atoms with E-state index in [4.69, 9.17) is 10.6 Å². The zero-order valence-electron chi connectivity index (χ0n) is 20.4. The molecule has 0 aliphatic carbocycles. The van der Waals surface area contributed by atoms with Crippen LogP contribution in [-0.4, -0.2) is 89.6 Å². The van der Waals surface area contributed by atoms with Gasteiger partial charge in [-0.05, 0) is 29.7 Å². The van der Waals surface area contributed by atoms with Gasteiger partial charge in [0.1, 0.15) is 29.9 Å². The zero-order chi connectivity index (χ0) is 27.8. The molecule has 4 N–H and O–H groups in total. The maximum atomic E-state index is 13.0. The summed E-state index contributed by atoms with van der Waals surface area (Å²) < 4.78 is 26.1. The van der Waals surface area contributed by atoms with E-state index in [1.165, 1.54) is 50.5 Å². The van der Waals surface area contributed by atoms with E-state index in [-0.39, 0.29) is 39.3 Å². The second-order valence-electron chi connectivity index (χ2n) is 8.42. The van der Waals surface area contributed by atoms with Crippen molar-refractivity contribution in [1.82, 2.24) is 19.5 Å². The molecule has 0 saturated carbocycles. The molecule has 0 spiro atoms. The number of β-lactam (4-membered cyclic amide) rings is 1. The molecule has 13 nitrogen and oxygen atoms in total. The number of rotatable bonds is 9. The second kappa shape index (κ2) is 10.7. The summed E-state index contributed by atoms with van der Waals surface area (Å²) >= 11 is 2.40. The van der Waals surface area contributed by atoms with Gasteiger partial charge in [0.15, 0.2) is 10.8 Å². The Morgan fingerprint density at radius 1 is 1.37 bits per heavy atom. The fourth-order valence-corrected chi connectivity index (χ4v) is 6.86. The van der Waals surface area contributed by atoms with E-state index in [0.29, 0.717) is 11.1 Å². The molecule has 2 amide bonds. The molecule has 1 fully saturated rings. The molecule has 38 heavy (non-hydrogen) atoms. The Bertz CT molecular complexity index is 1470. The van der Waals surface area contributed by atoms with Gasteiger partial charge in [-0.2, -0.15) is 0 Å². The van der Waals surface area contributed by atoms with Gasteiger partial charge in [0.05, 0.1) is 4.90 Å². The minimum atomic E-state index is -3.67. The van der Waals surface area contributed by atoms with Crippen LogP contribution in [0.2, 0.25) is 0 Å². The van der Waals surface area contributed by atoms with Crippen molar-refractivity contribution in [2.45, 2.75) is 22.7 Å². The van der Waals surface area contributed by atoms with Crippen LogP contribution in [0, 0.1) is 0 Å². The number of oxime groups is 1. The fraction of sp³-hybridized carbons (Fsp3) is 0.318. The van der Waals surface area contributed by atoms with Crippen LogP contribution in [0.4, 0.5) is 5.13 Å². The van der Waals surface area contributed by atoms with Crippen molar-refractivity contribution in [1.29, 1.82) is 0 Å². The lowest BCUT2D eigenvalue weighted by Crippen LogP contribution is -2.71. The lowest BCUT2D eigenvalue weighted by atomic mass is 9.99. The van der Waals surface area contributed by atoms with Gasteiger partial charge in [0.2, 0.25) is 10.0 Å². The van der Waals surface area contributed by atoms with E-state index in [2.05, 4.69) is 15.5 Å². The molecule has 1 aromatic carbocycles. The number of anilines is 1. The van der Waals surface area contributed by atoms with E-state index in [1.54, 1.807) is 12.1 Å². The number of fused-ring (bicyclic) bond motifs is 1. The number of sulfonamides is 1. The summed E-state index contributed by atoms with van der Waals surface area (Å²) in [7, 11) is 0.428. The third-order valence-corrected chi connectivity index (χ3v) is 9.62. The number of nitrogen functional groups attached to an aromatic ring is 1. The van der Waals surface area contributed by atoms with Gasteiger partial charge in [-0.3, -0.25) is 14.5 Å². The number of carbonyl (C=O) groups excluding carboxylic acids is 2.